The van der Waals surface area contributed by atoms with Crippen LogP contribution in [0.5, 0.6) is 0 Å². The van der Waals surface area contributed by atoms with Crippen LogP contribution in [0, 0.1) is 23.1 Å². The molecule has 1 aromatic rings. The molecule has 1 saturated heterocycles. The van der Waals surface area contributed by atoms with Crippen molar-refractivity contribution in [3.8, 4) is 6.07 Å². The number of rotatable bonds is 3. The molecule has 1 aliphatic heterocycles. The molecule has 0 unspecified atom stereocenters. The lowest BCUT2D eigenvalue weighted by molar-refractivity contribution is -0.147. The summed E-state index contributed by atoms with van der Waals surface area (Å²) in [6, 6.07) is 6.46. The number of hydrogen-bond acceptors (Lipinski definition) is 4. The Balaban J connectivity index is 1.93. The number of nitriles is 1. The second-order valence-corrected chi connectivity index (χ2v) is 5.00. The fourth-order valence-electron chi connectivity index (χ4n) is 2.51. The molecule has 0 spiro atoms. The van der Waals surface area contributed by atoms with E-state index in [0.717, 1.165) is 31.5 Å². The van der Waals surface area contributed by atoms with E-state index in [0.29, 0.717) is 6.54 Å². The number of nitrogens with zero attached hydrogens (tertiary/aromatic N) is 2. The Hall–Kier alpha value is -1.93. The van der Waals surface area contributed by atoms with Crippen LogP contribution in [-0.4, -0.2) is 31.1 Å². The summed E-state index contributed by atoms with van der Waals surface area (Å²) in [7, 11) is 1.41. The molecule has 0 bridgehead atoms. The Bertz CT molecular complexity index is 531. The SMILES string of the molecule is COC(=O)C1CCN(Cc2ccc(F)c(C#N)c2)CC1. The topological polar surface area (TPSA) is 53.3 Å². The third-order valence-corrected chi connectivity index (χ3v) is 3.68. The lowest BCUT2D eigenvalue weighted by Gasteiger charge is -2.30. The molecule has 1 aliphatic rings. The highest BCUT2D eigenvalue weighted by Crippen LogP contribution is 2.20. The first-order chi connectivity index (χ1) is 9.63. The normalized spacial score (nSPS) is 16.6. The van der Waals surface area contributed by atoms with Gasteiger partial charge in [0.15, 0.2) is 0 Å². The van der Waals surface area contributed by atoms with Gasteiger partial charge in [0.25, 0.3) is 0 Å². The highest BCUT2D eigenvalue weighted by Gasteiger charge is 2.25. The largest absolute Gasteiger partial charge is 0.469 e. The van der Waals surface area contributed by atoms with Gasteiger partial charge in [0.2, 0.25) is 0 Å². The van der Waals surface area contributed by atoms with Crippen LogP contribution in [0.2, 0.25) is 0 Å². The minimum Gasteiger partial charge on any atom is -0.469 e. The monoisotopic (exact) mass is 276 g/mol. The van der Waals surface area contributed by atoms with Crippen LogP contribution in [0.1, 0.15) is 24.0 Å². The van der Waals surface area contributed by atoms with Crippen molar-refractivity contribution in [1.29, 1.82) is 5.26 Å². The zero-order chi connectivity index (χ0) is 14.5. The van der Waals surface area contributed by atoms with Gasteiger partial charge >= 0.3 is 5.97 Å². The molecule has 0 N–H and O–H groups in total. The summed E-state index contributed by atoms with van der Waals surface area (Å²) in [5, 5.41) is 8.82. The fourth-order valence-corrected chi connectivity index (χ4v) is 2.51. The van der Waals surface area contributed by atoms with E-state index in [-0.39, 0.29) is 17.5 Å². The van der Waals surface area contributed by atoms with Crippen molar-refractivity contribution in [3.05, 3.63) is 35.1 Å². The molecule has 0 aromatic heterocycles. The van der Waals surface area contributed by atoms with Crippen LogP contribution in [0.15, 0.2) is 18.2 Å². The van der Waals surface area contributed by atoms with Gasteiger partial charge in [-0.2, -0.15) is 5.26 Å². The molecule has 0 amide bonds. The predicted molar refractivity (Wildman–Crippen MR) is 71.1 cm³/mol. The van der Waals surface area contributed by atoms with Crippen LogP contribution < -0.4 is 0 Å². The Kier molecular flexibility index (Phi) is 4.70. The average Bonchev–Trinajstić information content (AvgIpc) is 2.49. The lowest BCUT2D eigenvalue weighted by atomic mass is 9.96. The zero-order valence-corrected chi connectivity index (χ0v) is 11.4. The summed E-state index contributed by atoms with van der Waals surface area (Å²) in [6.07, 6.45) is 1.55. The van der Waals surface area contributed by atoms with Crippen molar-refractivity contribution in [2.75, 3.05) is 20.2 Å². The van der Waals surface area contributed by atoms with Crippen LogP contribution in [0.4, 0.5) is 4.39 Å². The molecular formula is C15H17FN2O2. The van der Waals surface area contributed by atoms with Gasteiger partial charge in [-0.25, -0.2) is 4.39 Å². The molecule has 0 saturated carbocycles. The fraction of sp³-hybridized carbons (Fsp3) is 0.467. The number of likely N-dealkylation sites (tertiary alicyclic amines) is 1. The summed E-state index contributed by atoms with van der Waals surface area (Å²) in [4.78, 5) is 13.6. The van der Waals surface area contributed by atoms with Gasteiger partial charge in [-0.1, -0.05) is 6.07 Å². The van der Waals surface area contributed by atoms with Gasteiger partial charge in [-0.15, -0.1) is 0 Å². The van der Waals surface area contributed by atoms with Crippen LogP contribution >= 0.6 is 0 Å². The molecule has 2 rings (SSSR count). The number of carbonyl (C=O) groups is 1. The van der Waals surface area contributed by atoms with E-state index in [9.17, 15) is 9.18 Å². The Morgan fingerprint density at radius 1 is 1.50 bits per heavy atom. The van der Waals surface area contributed by atoms with Crippen LogP contribution in [0.25, 0.3) is 0 Å². The van der Waals surface area contributed by atoms with Crippen molar-refractivity contribution in [2.24, 2.45) is 5.92 Å². The number of benzene rings is 1. The maximum absolute atomic E-state index is 13.2. The van der Waals surface area contributed by atoms with E-state index in [1.165, 1.54) is 13.2 Å². The molecular weight excluding hydrogens is 259 g/mol. The van der Waals surface area contributed by atoms with Gasteiger partial charge in [0, 0.05) is 6.54 Å². The van der Waals surface area contributed by atoms with Gasteiger partial charge in [-0.3, -0.25) is 9.69 Å². The second kappa shape index (κ2) is 6.49. The molecule has 20 heavy (non-hydrogen) atoms. The number of piperidine rings is 1. The van der Waals surface area contributed by atoms with E-state index in [2.05, 4.69) is 4.90 Å². The second-order valence-electron chi connectivity index (χ2n) is 5.00. The first-order valence-corrected chi connectivity index (χ1v) is 6.62. The van der Waals surface area contributed by atoms with Crippen LogP contribution in [0.3, 0.4) is 0 Å². The van der Waals surface area contributed by atoms with Gasteiger partial charge in [-0.05, 0) is 43.6 Å². The minimum atomic E-state index is -0.486. The van der Waals surface area contributed by atoms with Crippen LogP contribution in [-0.2, 0) is 16.1 Å². The molecule has 4 nitrogen and oxygen atoms in total. The van der Waals surface area contributed by atoms with Crippen molar-refractivity contribution in [3.63, 3.8) is 0 Å². The van der Waals surface area contributed by atoms with Crippen molar-refractivity contribution >= 4 is 5.97 Å². The average molecular weight is 276 g/mol. The van der Waals surface area contributed by atoms with E-state index < -0.39 is 5.82 Å². The number of hydrogen-bond donors (Lipinski definition) is 0. The number of halogens is 1. The maximum Gasteiger partial charge on any atom is 0.308 e. The molecule has 106 valence electrons. The molecule has 0 aliphatic carbocycles. The molecule has 5 heteroatoms. The summed E-state index contributed by atoms with van der Waals surface area (Å²) < 4.78 is 18.0. The van der Waals surface area contributed by atoms with Crippen molar-refractivity contribution < 1.29 is 13.9 Å². The Morgan fingerprint density at radius 3 is 2.80 bits per heavy atom. The Labute approximate surface area is 117 Å². The van der Waals surface area contributed by atoms with E-state index in [1.807, 2.05) is 6.07 Å². The predicted octanol–water partition coefficient (Wildman–Crippen LogP) is 2.08. The third-order valence-electron chi connectivity index (χ3n) is 3.68. The minimum absolute atomic E-state index is 0.0147. The van der Waals surface area contributed by atoms with E-state index in [4.69, 9.17) is 10.00 Å². The smallest absolute Gasteiger partial charge is 0.308 e. The first-order valence-electron chi connectivity index (χ1n) is 6.62. The van der Waals surface area contributed by atoms with E-state index in [1.54, 1.807) is 12.1 Å². The summed E-state index contributed by atoms with van der Waals surface area (Å²) >= 11 is 0. The Morgan fingerprint density at radius 2 is 2.20 bits per heavy atom. The first kappa shape index (κ1) is 14.5. The number of carbonyl (C=O) groups excluding carboxylic acids is 1. The van der Waals surface area contributed by atoms with E-state index >= 15 is 0 Å². The van der Waals surface area contributed by atoms with Crippen molar-refractivity contribution in [1.82, 2.24) is 4.90 Å². The highest BCUT2D eigenvalue weighted by atomic mass is 19.1. The number of methoxy groups -OCH3 is 1. The lowest BCUT2D eigenvalue weighted by Crippen LogP contribution is -2.36. The summed E-state index contributed by atoms with van der Waals surface area (Å²) in [5.74, 6) is -0.641. The van der Waals surface area contributed by atoms with Gasteiger partial charge in [0.1, 0.15) is 11.9 Å². The van der Waals surface area contributed by atoms with Gasteiger partial charge < -0.3 is 4.74 Å². The molecule has 1 fully saturated rings. The highest BCUT2D eigenvalue weighted by molar-refractivity contribution is 5.72. The molecule has 0 radical (unpaired) electrons. The summed E-state index contributed by atoms with van der Waals surface area (Å²) in [6.45, 7) is 2.28. The zero-order valence-electron chi connectivity index (χ0n) is 11.4. The standard InChI is InChI=1S/C15H17FN2O2/c1-20-15(19)12-4-6-18(7-5-12)10-11-2-3-14(16)13(8-11)9-17/h2-3,8,12H,4-7,10H2,1H3. The molecule has 1 aromatic carbocycles. The maximum atomic E-state index is 13.2. The molecule has 0 atom stereocenters. The molecule has 1 heterocycles. The van der Waals surface area contributed by atoms with Crippen molar-refractivity contribution in [2.45, 2.75) is 19.4 Å². The summed E-state index contributed by atoms with van der Waals surface area (Å²) in [5.41, 5.74) is 0.992. The number of esters is 1. The third kappa shape index (κ3) is 3.34. The quantitative estimate of drug-likeness (QED) is 0.793. The number of ether oxygens (including phenoxy) is 1. The van der Waals surface area contributed by atoms with Gasteiger partial charge in [0.05, 0.1) is 18.6 Å².